The summed E-state index contributed by atoms with van der Waals surface area (Å²) in [5, 5.41) is 0. The lowest BCUT2D eigenvalue weighted by molar-refractivity contribution is -0.147. The second kappa shape index (κ2) is 3.92. The zero-order valence-electron chi connectivity index (χ0n) is 9.47. The minimum absolute atomic E-state index is 0.153. The smallest absolute Gasteiger partial charge is 0.327 e. The fraction of sp³-hybridized carbons (Fsp3) is 0.545. The zero-order chi connectivity index (χ0) is 11.8. The van der Waals surface area contributed by atoms with Gasteiger partial charge in [-0.05, 0) is 19.2 Å². The van der Waals surface area contributed by atoms with E-state index in [1.165, 1.54) is 7.11 Å². The first kappa shape index (κ1) is 11.2. The highest BCUT2D eigenvalue weighted by molar-refractivity contribution is 5.83. The van der Waals surface area contributed by atoms with Gasteiger partial charge in [-0.15, -0.1) is 0 Å². The molecule has 1 aliphatic heterocycles. The van der Waals surface area contributed by atoms with Crippen LogP contribution in [0.15, 0.2) is 22.8 Å². The monoisotopic (exact) mass is 224 g/mol. The van der Waals surface area contributed by atoms with Gasteiger partial charge in [0.05, 0.1) is 19.3 Å². The standard InChI is InChI=1S/C11H16N2O3/c1-13-6-8(9-4-3-5-16-9)11(12,7-13)10(14)15-2/h3-5,8H,6-7,12H2,1-2H3/t8-,11+/m0/s1. The summed E-state index contributed by atoms with van der Waals surface area (Å²) in [6, 6.07) is 3.64. The molecule has 1 aromatic rings. The molecule has 2 atom stereocenters. The molecule has 0 aliphatic carbocycles. The highest BCUT2D eigenvalue weighted by Gasteiger charge is 2.51. The molecule has 0 amide bonds. The molecule has 88 valence electrons. The number of methoxy groups -OCH3 is 1. The predicted octanol–water partition coefficient (Wildman–Crippen LogP) is 0.179. The van der Waals surface area contributed by atoms with E-state index in [9.17, 15) is 4.79 Å². The lowest BCUT2D eigenvalue weighted by atomic mass is 9.86. The van der Waals surface area contributed by atoms with Gasteiger partial charge < -0.3 is 19.8 Å². The average molecular weight is 224 g/mol. The summed E-state index contributed by atoms with van der Waals surface area (Å²) in [6.07, 6.45) is 1.59. The van der Waals surface area contributed by atoms with Crippen molar-refractivity contribution >= 4 is 5.97 Å². The third-order valence-corrected chi connectivity index (χ3v) is 3.10. The van der Waals surface area contributed by atoms with Crippen molar-refractivity contribution in [2.24, 2.45) is 5.73 Å². The Labute approximate surface area is 94.1 Å². The maximum absolute atomic E-state index is 11.8. The SMILES string of the molecule is COC(=O)[C@@]1(N)CN(C)C[C@H]1c1ccco1. The van der Waals surface area contributed by atoms with Crippen molar-refractivity contribution in [2.45, 2.75) is 11.5 Å². The number of hydrogen-bond acceptors (Lipinski definition) is 5. The van der Waals surface area contributed by atoms with Gasteiger partial charge in [-0.25, -0.2) is 4.79 Å². The molecule has 0 radical (unpaired) electrons. The van der Waals surface area contributed by atoms with E-state index in [-0.39, 0.29) is 5.92 Å². The Kier molecular flexibility index (Phi) is 2.73. The van der Waals surface area contributed by atoms with E-state index in [2.05, 4.69) is 0 Å². The topological polar surface area (TPSA) is 68.7 Å². The van der Waals surface area contributed by atoms with E-state index in [1.807, 2.05) is 18.0 Å². The number of likely N-dealkylation sites (tertiary alicyclic amines) is 1. The van der Waals surface area contributed by atoms with Crippen molar-refractivity contribution in [1.82, 2.24) is 4.90 Å². The first-order valence-electron chi connectivity index (χ1n) is 5.17. The summed E-state index contributed by atoms with van der Waals surface area (Å²) in [7, 11) is 3.28. The molecule has 2 rings (SSSR count). The molecule has 0 saturated carbocycles. The minimum Gasteiger partial charge on any atom is -0.469 e. The number of rotatable bonds is 2. The number of ether oxygens (including phenoxy) is 1. The Bertz CT molecular complexity index is 377. The van der Waals surface area contributed by atoms with Gasteiger partial charge >= 0.3 is 5.97 Å². The number of furan rings is 1. The Balaban J connectivity index is 2.33. The molecular weight excluding hydrogens is 208 g/mol. The van der Waals surface area contributed by atoms with E-state index < -0.39 is 11.5 Å². The third kappa shape index (κ3) is 1.62. The fourth-order valence-electron chi connectivity index (χ4n) is 2.33. The Morgan fingerprint density at radius 3 is 3.06 bits per heavy atom. The zero-order valence-corrected chi connectivity index (χ0v) is 9.47. The summed E-state index contributed by atoms with van der Waals surface area (Å²) in [6.45, 7) is 1.17. The van der Waals surface area contributed by atoms with Crippen molar-refractivity contribution in [3.63, 3.8) is 0 Å². The van der Waals surface area contributed by atoms with Crippen LogP contribution in [0.25, 0.3) is 0 Å². The summed E-state index contributed by atoms with van der Waals surface area (Å²) >= 11 is 0. The number of nitrogens with two attached hydrogens (primary N) is 1. The van der Waals surface area contributed by atoms with Crippen LogP contribution in [-0.4, -0.2) is 43.7 Å². The fourth-order valence-corrected chi connectivity index (χ4v) is 2.33. The summed E-state index contributed by atoms with van der Waals surface area (Å²) < 4.78 is 10.1. The average Bonchev–Trinajstić information content (AvgIpc) is 2.85. The Hall–Kier alpha value is -1.33. The van der Waals surface area contributed by atoms with Crippen LogP contribution in [0.3, 0.4) is 0 Å². The molecule has 1 aliphatic rings. The number of carbonyl (C=O) groups is 1. The van der Waals surface area contributed by atoms with Gasteiger partial charge in [0.1, 0.15) is 11.3 Å². The van der Waals surface area contributed by atoms with Crippen LogP contribution in [-0.2, 0) is 9.53 Å². The van der Waals surface area contributed by atoms with Gasteiger partial charge in [-0.2, -0.15) is 0 Å². The molecule has 0 unspecified atom stereocenters. The van der Waals surface area contributed by atoms with Crippen LogP contribution < -0.4 is 5.73 Å². The minimum atomic E-state index is -1.01. The summed E-state index contributed by atoms with van der Waals surface area (Å²) in [5.41, 5.74) is 5.15. The maximum Gasteiger partial charge on any atom is 0.327 e. The quantitative estimate of drug-likeness (QED) is 0.726. The van der Waals surface area contributed by atoms with Gasteiger partial charge in [0.15, 0.2) is 0 Å². The van der Waals surface area contributed by atoms with E-state index in [0.717, 1.165) is 5.76 Å². The van der Waals surface area contributed by atoms with Crippen LogP contribution in [0.5, 0.6) is 0 Å². The normalized spacial score (nSPS) is 30.6. The van der Waals surface area contributed by atoms with E-state index in [0.29, 0.717) is 13.1 Å². The van der Waals surface area contributed by atoms with Crippen LogP contribution in [0.4, 0.5) is 0 Å². The van der Waals surface area contributed by atoms with Gasteiger partial charge in [0, 0.05) is 13.1 Å². The first-order valence-corrected chi connectivity index (χ1v) is 5.17. The number of esters is 1. The molecular formula is C11H16N2O3. The van der Waals surface area contributed by atoms with Crippen LogP contribution in [0.2, 0.25) is 0 Å². The molecule has 5 heteroatoms. The third-order valence-electron chi connectivity index (χ3n) is 3.10. The lowest BCUT2D eigenvalue weighted by Gasteiger charge is -2.25. The summed E-state index contributed by atoms with van der Waals surface area (Å²) in [4.78, 5) is 13.8. The van der Waals surface area contributed by atoms with E-state index in [4.69, 9.17) is 14.9 Å². The Morgan fingerprint density at radius 1 is 1.75 bits per heavy atom. The number of carbonyl (C=O) groups excluding carboxylic acids is 1. The number of likely N-dealkylation sites (N-methyl/N-ethyl adjacent to an activating group) is 1. The molecule has 2 heterocycles. The maximum atomic E-state index is 11.8. The summed E-state index contributed by atoms with van der Waals surface area (Å²) in [5.74, 6) is 0.190. The molecule has 1 fully saturated rings. The van der Waals surface area contributed by atoms with Gasteiger partial charge in [0.2, 0.25) is 0 Å². The van der Waals surface area contributed by atoms with Gasteiger partial charge in [0.25, 0.3) is 0 Å². The predicted molar refractivity (Wildman–Crippen MR) is 57.9 cm³/mol. The molecule has 1 aromatic heterocycles. The van der Waals surface area contributed by atoms with Gasteiger partial charge in [-0.1, -0.05) is 0 Å². The molecule has 1 saturated heterocycles. The van der Waals surface area contributed by atoms with E-state index in [1.54, 1.807) is 12.3 Å². The second-order valence-corrected chi connectivity index (χ2v) is 4.30. The highest BCUT2D eigenvalue weighted by Crippen LogP contribution is 2.34. The number of hydrogen-bond donors (Lipinski definition) is 1. The van der Waals surface area contributed by atoms with Crippen molar-refractivity contribution in [2.75, 3.05) is 27.2 Å². The highest BCUT2D eigenvalue weighted by atomic mass is 16.5. The van der Waals surface area contributed by atoms with Gasteiger partial charge in [-0.3, -0.25) is 0 Å². The largest absolute Gasteiger partial charge is 0.469 e. The van der Waals surface area contributed by atoms with Crippen LogP contribution in [0.1, 0.15) is 11.7 Å². The van der Waals surface area contributed by atoms with Crippen LogP contribution >= 0.6 is 0 Å². The molecule has 0 aromatic carbocycles. The molecule has 16 heavy (non-hydrogen) atoms. The van der Waals surface area contributed by atoms with Crippen molar-refractivity contribution in [3.05, 3.63) is 24.2 Å². The Morgan fingerprint density at radius 2 is 2.50 bits per heavy atom. The molecule has 5 nitrogen and oxygen atoms in total. The van der Waals surface area contributed by atoms with E-state index >= 15 is 0 Å². The van der Waals surface area contributed by atoms with Crippen molar-refractivity contribution in [1.29, 1.82) is 0 Å². The molecule has 0 bridgehead atoms. The van der Waals surface area contributed by atoms with Crippen molar-refractivity contribution in [3.8, 4) is 0 Å². The van der Waals surface area contributed by atoms with Crippen molar-refractivity contribution < 1.29 is 13.9 Å². The first-order chi connectivity index (χ1) is 7.58. The molecule has 2 N–H and O–H groups in total. The number of nitrogens with zero attached hydrogens (tertiary/aromatic N) is 1. The lowest BCUT2D eigenvalue weighted by Crippen LogP contribution is -2.54. The van der Waals surface area contributed by atoms with Crippen LogP contribution in [0, 0.1) is 0 Å². The molecule has 0 spiro atoms. The second-order valence-electron chi connectivity index (χ2n) is 4.30.